The lowest BCUT2D eigenvalue weighted by atomic mass is 10.2. The largest absolute Gasteiger partial charge is 0.463 e. The molecule has 0 aromatic heterocycles. The van der Waals surface area contributed by atoms with Crippen LogP contribution >= 0.6 is 0 Å². The lowest BCUT2D eigenvalue weighted by molar-refractivity contribution is -0.137. The summed E-state index contributed by atoms with van der Waals surface area (Å²) < 4.78 is 4.90. The Kier molecular flexibility index (Phi) is 7.76. The molecule has 0 bridgehead atoms. The van der Waals surface area contributed by atoms with Crippen molar-refractivity contribution in [1.82, 2.24) is 0 Å². The average Bonchev–Trinajstić information content (AvgIpc) is 2.05. The van der Waals surface area contributed by atoms with Crippen LogP contribution in [-0.4, -0.2) is 12.6 Å². The van der Waals surface area contributed by atoms with Gasteiger partial charge in [0.05, 0.1) is 6.61 Å². The van der Waals surface area contributed by atoms with Gasteiger partial charge in [-0.3, -0.25) is 0 Å². The fraction of sp³-hybridized carbons (Fsp3) is 0.700. The van der Waals surface area contributed by atoms with Crippen LogP contribution in [0, 0.1) is 0 Å². The highest BCUT2D eigenvalue weighted by Crippen LogP contribution is 1.98. The van der Waals surface area contributed by atoms with Gasteiger partial charge in [-0.2, -0.15) is 0 Å². The first-order valence-electron chi connectivity index (χ1n) is 4.60. The van der Waals surface area contributed by atoms with Crippen molar-refractivity contribution < 1.29 is 9.53 Å². The minimum absolute atomic E-state index is 0.228. The maximum atomic E-state index is 10.8. The first-order chi connectivity index (χ1) is 5.81. The minimum Gasteiger partial charge on any atom is -0.463 e. The number of ether oxygens (including phenoxy) is 1. The summed E-state index contributed by atoms with van der Waals surface area (Å²) in [6.45, 7) is 4.52. The van der Waals surface area contributed by atoms with Crippen LogP contribution in [0.5, 0.6) is 0 Å². The van der Waals surface area contributed by atoms with Crippen molar-refractivity contribution in [3.63, 3.8) is 0 Å². The highest BCUT2D eigenvalue weighted by atomic mass is 16.5. The van der Waals surface area contributed by atoms with Crippen molar-refractivity contribution in [3.8, 4) is 0 Å². The molecule has 0 unspecified atom stereocenters. The minimum atomic E-state index is -0.228. The molecule has 2 nitrogen and oxygen atoms in total. The molecule has 12 heavy (non-hydrogen) atoms. The van der Waals surface area contributed by atoms with Crippen molar-refractivity contribution in [1.29, 1.82) is 0 Å². The number of hydrogen-bond acceptors (Lipinski definition) is 2. The van der Waals surface area contributed by atoms with Gasteiger partial charge >= 0.3 is 5.97 Å². The van der Waals surface area contributed by atoms with Crippen LogP contribution in [0.15, 0.2) is 12.2 Å². The van der Waals surface area contributed by atoms with E-state index in [2.05, 4.69) is 6.92 Å². The number of rotatable bonds is 6. The number of allylic oxidation sites excluding steroid dienone is 1. The summed E-state index contributed by atoms with van der Waals surface area (Å²) in [5, 5.41) is 0. The van der Waals surface area contributed by atoms with Gasteiger partial charge in [0.25, 0.3) is 0 Å². The zero-order chi connectivity index (χ0) is 9.23. The molecule has 0 fully saturated rings. The highest BCUT2D eigenvalue weighted by Gasteiger charge is 1.94. The summed E-state index contributed by atoms with van der Waals surface area (Å²) in [7, 11) is 0. The van der Waals surface area contributed by atoms with E-state index < -0.39 is 0 Å². The standard InChI is InChI=1S/C10H18O2/c1-3-5-6-7-9-12-10(11)8-4-2/h4,8H,3,5-7,9H2,1-2H3/b8-4-. The van der Waals surface area contributed by atoms with E-state index >= 15 is 0 Å². The predicted octanol–water partition coefficient (Wildman–Crippen LogP) is 2.69. The normalized spacial score (nSPS) is 10.5. The Bertz CT molecular complexity index is 139. The molecule has 0 aliphatic rings. The molecule has 0 N–H and O–H groups in total. The van der Waals surface area contributed by atoms with Crippen molar-refractivity contribution in [3.05, 3.63) is 12.2 Å². The number of esters is 1. The topological polar surface area (TPSA) is 26.3 Å². The third-order valence-electron chi connectivity index (χ3n) is 1.54. The van der Waals surface area contributed by atoms with E-state index in [4.69, 9.17) is 4.74 Å². The number of unbranched alkanes of at least 4 members (excludes halogenated alkanes) is 3. The summed E-state index contributed by atoms with van der Waals surface area (Å²) in [5.74, 6) is -0.228. The van der Waals surface area contributed by atoms with Gasteiger partial charge in [-0.1, -0.05) is 32.3 Å². The molecular formula is C10H18O2. The van der Waals surface area contributed by atoms with Gasteiger partial charge in [0, 0.05) is 6.08 Å². The van der Waals surface area contributed by atoms with Crippen molar-refractivity contribution in [2.24, 2.45) is 0 Å². The lowest BCUT2D eigenvalue weighted by Crippen LogP contribution is -2.01. The monoisotopic (exact) mass is 170 g/mol. The molecule has 0 saturated heterocycles. The van der Waals surface area contributed by atoms with Gasteiger partial charge in [0.1, 0.15) is 0 Å². The second-order valence-electron chi connectivity index (χ2n) is 2.73. The van der Waals surface area contributed by atoms with Gasteiger partial charge in [0.2, 0.25) is 0 Å². The molecular weight excluding hydrogens is 152 g/mol. The van der Waals surface area contributed by atoms with Gasteiger partial charge < -0.3 is 4.74 Å². The average molecular weight is 170 g/mol. The van der Waals surface area contributed by atoms with E-state index in [1.807, 2.05) is 0 Å². The Morgan fingerprint density at radius 1 is 1.33 bits per heavy atom. The number of hydrogen-bond donors (Lipinski definition) is 0. The molecule has 0 rings (SSSR count). The molecule has 0 heterocycles. The fourth-order valence-electron chi connectivity index (χ4n) is 0.886. The van der Waals surface area contributed by atoms with Crippen LogP contribution in [0.4, 0.5) is 0 Å². The molecule has 0 aliphatic heterocycles. The molecule has 0 aromatic carbocycles. The molecule has 0 spiro atoms. The van der Waals surface area contributed by atoms with Crippen LogP contribution in [0.2, 0.25) is 0 Å². The number of carbonyl (C=O) groups is 1. The predicted molar refractivity (Wildman–Crippen MR) is 49.9 cm³/mol. The van der Waals surface area contributed by atoms with Crippen LogP contribution in [-0.2, 0) is 9.53 Å². The summed E-state index contributed by atoms with van der Waals surface area (Å²) in [6, 6.07) is 0. The van der Waals surface area contributed by atoms with Crippen LogP contribution in [0.25, 0.3) is 0 Å². The van der Waals surface area contributed by atoms with E-state index in [1.165, 1.54) is 18.9 Å². The van der Waals surface area contributed by atoms with E-state index in [-0.39, 0.29) is 5.97 Å². The van der Waals surface area contributed by atoms with Gasteiger partial charge in [0.15, 0.2) is 0 Å². The maximum absolute atomic E-state index is 10.8. The third kappa shape index (κ3) is 7.32. The van der Waals surface area contributed by atoms with E-state index in [0.29, 0.717) is 6.61 Å². The van der Waals surface area contributed by atoms with Gasteiger partial charge in [-0.25, -0.2) is 4.79 Å². The molecule has 2 heteroatoms. The Hall–Kier alpha value is -0.790. The maximum Gasteiger partial charge on any atom is 0.330 e. The highest BCUT2D eigenvalue weighted by molar-refractivity contribution is 5.81. The second-order valence-corrected chi connectivity index (χ2v) is 2.73. The Morgan fingerprint density at radius 2 is 2.08 bits per heavy atom. The molecule has 0 atom stereocenters. The summed E-state index contributed by atoms with van der Waals surface area (Å²) >= 11 is 0. The lowest BCUT2D eigenvalue weighted by Gasteiger charge is -2.00. The molecule has 0 radical (unpaired) electrons. The Labute approximate surface area is 74.6 Å². The third-order valence-corrected chi connectivity index (χ3v) is 1.54. The van der Waals surface area contributed by atoms with E-state index in [9.17, 15) is 4.79 Å². The van der Waals surface area contributed by atoms with E-state index in [1.54, 1.807) is 13.0 Å². The SMILES string of the molecule is C/C=C\C(=O)OCCCCCC. The summed E-state index contributed by atoms with van der Waals surface area (Å²) in [6.07, 6.45) is 7.70. The molecule has 70 valence electrons. The van der Waals surface area contributed by atoms with Crippen molar-refractivity contribution >= 4 is 5.97 Å². The molecule has 0 aliphatic carbocycles. The number of carbonyl (C=O) groups excluding carboxylic acids is 1. The summed E-state index contributed by atoms with van der Waals surface area (Å²) in [4.78, 5) is 10.8. The van der Waals surface area contributed by atoms with Gasteiger partial charge in [-0.05, 0) is 13.3 Å². The Morgan fingerprint density at radius 3 is 2.67 bits per heavy atom. The quantitative estimate of drug-likeness (QED) is 0.348. The van der Waals surface area contributed by atoms with Crippen LogP contribution in [0.3, 0.4) is 0 Å². The van der Waals surface area contributed by atoms with Gasteiger partial charge in [-0.15, -0.1) is 0 Å². The zero-order valence-corrected chi connectivity index (χ0v) is 8.01. The Balaban J connectivity index is 3.14. The molecule has 0 amide bonds. The van der Waals surface area contributed by atoms with Crippen LogP contribution in [0.1, 0.15) is 39.5 Å². The summed E-state index contributed by atoms with van der Waals surface area (Å²) in [5.41, 5.74) is 0. The van der Waals surface area contributed by atoms with Crippen molar-refractivity contribution in [2.75, 3.05) is 6.61 Å². The molecule has 0 saturated carbocycles. The first-order valence-corrected chi connectivity index (χ1v) is 4.60. The van der Waals surface area contributed by atoms with Crippen molar-refractivity contribution in [2.45, 2.75) is 39.5 Å². The smallest absolute Gasteiger partial charge is 0.330 e. The second kappa shape index (κ2) is 8.31. The fourth-order valence-corrected chi connectivity index (χ4v) is 0.886. The molecule has 0 aromatic rings. The zero-order valence-electron chi connectivity index (χ0n) is 8.01. The van der Waals surface area contributed by atoms with Crippen LogP contribution < -0.4 is 0 Å². The first kappa shape index (κ1) is 11.2. The van der Waals surface area contributed by atoms with E-state index in [0.717, 1.165) is 12.8 Å².